The molecule has 0 aliphatic carbocycles. The van der Waals surface area contributed by atoms with Crippen molar-refractivity contribution >= 4 is 5.91 Å². The van der Waals surface area contributed by atoms with Crippen LogP contribution in [0, 0.1) is 0 Å². The number of nitrogens with one attached hydrogen (secondary N) is 1. The molecule has 1 N–H and O–H groups in total. The summed E-state index contributed by atoms with van der Waals surface area (Å²) in [7, 11) is 0. The van der Waals surface area contributed by atoms with Crippen molar-refractivity contribution in [2.75, 3.05) is 26.2 Å². The Balaban J connectivity index is 2.33. The number of rotatable bonds is 8. The first-order chi connectivity index (χ1) is 10.0. The van der Waals surface area contributed by atoms with Crippen LogP contribution in [0.25, 0.3) is 0 Å². The summed E-state index contributed by atoms with van der Waals surface area (Å²) in [6, 6.07) is 0.715. The molecule has 4 nitrogen and oxygen atoms in total. The molecule has 1 aliphatic rings. The highest BCUT2D eigenvalue weighted by molar-refractivity contribution is 5.82. The van der Waals surface area contributed by atoms with Gasteiger partial charge < -0.3 is 15.1 Å². The molecular formula is C17H35N3O. The molecule has 0 saturated carbocycles. The summed E-state index contributed by atoms with van der Waals surface area (Å²) in [5, 5.41) is 3.41. The Hall–Kier alpha value is -0.610. The zero-order valence-corrected chi connectivity index (χ0v) is 14.7. The van der Waals surface area contributed by atoms with E-state index in [0.29, 0.717) is 12.1 Å². The molecule has 0 spiro atoms. The van der Waals surface area contributed by atoms with Crippen LogP contribution in [0.3, 0.4) is 0 Å². The van der Waals surface area contributed by atoms with E-state index in [0.717, 1.165) is 45.4 Å². The molecule has 1 fully saturated rings. The minimum absolute atomic E-state index is 0.0651. The van der Waals surface area contributed by atoms with Gasteiger partial charge in [0.15, 0.2) is 0 Å². The van der Waals surface area contributed by atoms with Crippen LogP contribution < -0.4 is 5.32 Å². The summed E-state index contributed by atoms with van der Waals surface area (Å²) in [6.07, 6.45) is 4.64. The van der Waals surface area contributed by atoms with Crippen LogP contribution in [0.5, 0.6) is 0 Å². The summed E-state index contributed by atoms with van der Waals surface area (Å²) in [5.74, 6) is 0.275. The minimum atomic E-state index is -0.0651. The van der Waals surface area contributed by atoms with Crippen LogP contribution in [0.15, 0.2) is 0 Å². The van der Waals surface area contributed by atoms with Gasteiger partial charge in [-0.3, -0.25) is 4.79 Å². The van der Waals surface area contributed by atoms with Crippen molar-refractivity contribution < 1.29 is 4.79 Å². The Morgan fingerprint density at radius 3 is 2.33 bits per heavy atom. The molecule has 21 heavy (non-hydrogen) atoms. The van der Waals surface area contributed by atoms with Crippen molar-refractivity contribution in [1.82, 2.24) is 15.1 Å². The minimum Gasteiger partial charge on any atom is -0.336 e. The maximum absolute atomic E-state index is 12.6. The monoisotopic (exact) mass is 297 g/mol. The van der Waals surface area contributed by atoms with Gasteiger partial charge in [0.25, 0.3) is 0 Å². The third-order valence-corrected chi connectivity index (χ3v) is 4.81. The van der Waals surface area contributed by atoms with Crippen molar-refractivity contribution in [1.29, 1.82) is 0 Å². The fraction of sp³-hybridized carbons (Fsp3) is 0.941. The first-order valence-electron chi connectivity index (χ1n) is 8.79. The van der Waals surface area contributed by atoms with Crippen LogP contribution in [0.1, 0.15) is 60.3 Å². The van der Waals surface area contributed by atoms with Gasteiger partial charge in [-0.25, -0.2) is 0 Å². The van der Waals surface area contributed by atoms with E-state index >= 15 is 0 Å². The molecule has 1 amide bonds. The average Bonchev–Trinajstić information content (AvgIpc) is 2.46. The second kappa shape index (κ2) is 9.42. The SMILES string of the molecule is CCN(CC)CCCN[C@@H](C)C(=O)N1[C@H](C)CCC[C@@H]1C. The van der Waals surface area contributed by atoms with Crippen LogP contribution in [0.4, 0.5) is 0 Å². The first-order valence-corrected chi connectivity index (χ1v) is 8.79. The van der Waals surface area contributed by atoms with E-state index in [1.54, 1.807) is 0 Å². The summed E-state index contributed by atoms with van der Waals surface area (Å²) in [6.45, 7) is 15.0. The topological polar surface area (TPSA) is 35.6 Å². The largest absolute Gasteiger partial charge is 0.336 e. The second-order valence-electron chi connectivity index (χ2n) is 6.43. The van der Waals surface area contributed by atoms with Crippen molar-refractivity contribution in [3.8, 4) is 0 Å². The van der Waals surface area contributed by atoms with Gasteiger partial charge >= 0.3 is 0 Å². The highest BCUT2D eigenvalue weighted by atomic mass is 16.2. The lowest BCUT2D eigenvalue weighted by Gasteiger charge is -2.40. The van der Waals surface area contributed by atoms with E-state index in [1.165, 1.54) is 6.42 Å². The lowest BCUT2D eigenvalue weighted by molar-refractivity contribution is -0.139. The summed E-state index contributed by atoms with van der Waals surface area (Å²) in [5.41, 5.74) is 0. The lowest BCUT2D eigenvalue weighted by atomic mass is 9.96. The van der Waals surface area contributed by atoms with Gasteiger partial charge in [-0.15, -0.1) is 0 Å². The van der Waals surface area contributed by atoms with Crippen LogP contribution >= 0.6 is 0 Å². The molecule has 1 aliphatic heterocycles. The van der Waals surface area contributed by atoms with E-state index in [1.807, 2.05) is 6.92 Å². The predicted octanol–water partition coefficient (Wildman–Crippen LogP) is 2.49. The smallest absolute Gasteiger partial charge is 0.239 e. The third kappa shape index (κ3) is 5.59. The molecule has 0 aromatic heterocycles. The van der Waals surface area contributed by atoms with Crippen molar-refractivity contribution in [3.63, 3.8) is 0 Å². The van der Waals surface area contributed by atoms with Crippen molar-refractivity contribution in [3.05, 3.63) is 0 Å². The number of nitrogens with zero attached hydrogens (tertiary/aromatic N) is 2. The number of amides is 1. The molecule has 0 unspecified atom stereocenters. The van der Waals surface area contributed by atoms with Gasteiger partial charge in [0.05, 0.1) is 6.04 Å². The molecule has 0 bridgehead atoms. The normalized spacial score (nSPS) is 24.4. The van der Waals surface area contributed by atoms with Gasteiger partial charge in [0.1, 0.15) is 0 Å². The fourth-order valence-electron chi connectivity index (χ4n) is 3.33. The second-order valence-corrected chi connectivity index (χ2v) is 6.43. The molecule has 124 valence electrons. The van der Waals surface area contributed by atoms with E-state index in [2.05, 4.69) is 42.8 Å². The van der Waals surface area contributed by atoms with Gasteiger partial charge in [-0.1, -0.05) is 13.8 Å². The van der Waals surface area contributed by atoms with Crippen LogP contribution in [-0.2, 0) is 4.79 Å². The highest BCUT2D eigenvalue weighted by Crippen LogP contribution is 2.23. The van der Waals surface area contributed by atoms with Crippen molar-refractivity contribution in [2.24, 2.45) is 0 Å². The zero-order chi connectivity index (χ0) is 15.8. The Bertz CT molecular complexity index is 294. The third-order valence-electron chi connectivity index (χ3n) is 4.81. The average molecular weight is 297 g/mol. The molecule has 0 aromatic carbocycles. The molecule has 0 aromatic rings. The predicted molar refractivity (Wildman–Crippen MR) is 89.5 cm³/mol. The Kier molecular flexibility index (Phi) is 8.27. The molecule has 1 rings (SSSR count). The Morgan fingerprint density at radius 1 is 1.24 bits per heavy atom. The quantitative estimate of drug-likeness (QED) is 0.699. The van der Waals surface area contributed by atoms with Gasteiger partial charge in [0.2, 0.25) is 5.91 Å². The lowest BCUT2D eigenvalue weighted by Crippen LogP contribution is -2.54. The van der Waals surface area contributed by atoms with Gasteiger partial charge in [-0.2, -0.15) is 0 Å². The number of carbonyl (C=O) groups is 1. The Morgan fingerprint density at radius 2 is 1.81 bits per heavy atom. The number of hydrogen-bond acceptors (Lipinski definition) is 3. The highest BCUT2D eigenvalue weighted by Gasteiger charge is 2.31. The zero-order valence-electron chi connectivity index (χ0n) is 14.7. The molecule has 1 heterocycles. The summed E-state index contributed by atoms with van der Waals surface area (Å²) < 4.78 is 0. The van der Waals surface area contributed by atoms with E-state index in [4.69, 9.17) is 0 Å². The molecule has 0 radical (unpaired) electrons. The van der Waals surface area contributed by atoms with E-state index < -0.39 is 0 Å². The maximum Gasteiger partial charge on any atom is 0.239 e. The van der Waals surface area contributed by atoms with Crippen molar-refractivity contribution in [2.45, 2.75) is 78.4 Å². The first kappa shape index (κ1) is 18.4. The summed E-state index contributed by atoms with van der Waals surface area (Å²) in [4.78, 5) is 17.1. The standard InChI is InChI=1S/C17H35N3O/c1-6-19(7-2)13-9-12-18-16(5)17(21)20-14(3)10-8-11-15(20)4/h14-16,18H,6-13H2,1-5H3/t14-,15+,16-/m0/s1. The Labute approximate surface area is 131 Å². The maximum atomic E-state index is 12.6. The molecular weight excluding hydrogens is 262 g/mol. The number of hydrogen-bond donors (Lipinski definition) is 1. The summed E-state index contributed by atoms with van der Waals surface area (Å²) >= 11 is 0. The number of likely N-dealkylation sites (tertiary alicyclic amines) is 1. The van der Waals surface area contributed by atoms with Gasteiger partial charge in [-0.05, 0) is 72.6 Å². The van der Waals surface area contributed by atoms with Gasteiger partial charge in [0, 0.05) is 12.1 Å². The number of carbonyl (C=O) groups excluding carboxylic acids is 1. The molecule has 4 heteroatoms. The molecule has 3 atom stereocenters. The fourth-order valence-corrected chi connectivity index (χ4v) is 3.33. The number of piperidine rings is 1. The van der Waals surface area contributed by atoms with E-state index in [9.17, 15) is 4.79 Å². The van der Waals surface area contributed by atoms with Crippen LogP contribution in [0.2, 0.25) is 0 Å². The van der Waals surface area contributed by atoms with Crippen LogP contribution in [-0.4, -0.2) is 60.0 Å². The molecule has 1 saturated heterocycles. The van der Waals surface area contributed by atoms with E-state index in [-0.39, 0.29) is 11.9 Å².